The summed E-state index contributed by atoms with van der Waals surface area (Å²) in [5, 5.41) is 3.10. The van der Waals surface area contributed by atoms with E-state index >= 15 is 0 Å². The summed E-state index contributed by atoms with van der Waals surface area (Å²) in [4.78, 5) is 15.2. The van der Waals surface area contributed by atoms with Gasteiger partial charge in [-0.15, -0.1) is 0 Å². The summed E-state index contributed by atoms with van der Waals surface area (Å²) >= 11 is 0. The normalized spacial score (nSPS) is 12.2. The number of hydrogen-bond acceptors (Lipinski definition) is 4. The van der Waals surface area contributed by atoms with Crippen LogP contribution in [0.25, 0.3) is 72.2 Å². The van der Waals surface area contributed by atoms with Crippen molar-refractivity contribution in [2.24, 2.45) is 0 Å². The summed E-state index contributed by atoms with van der Waals surface area (Å²) in [5.41, 5.74) is 10.4. The van der Waals surface area contributed by atoms with Gasteiger partial charge in [-0.05, 0) is 60.5 Å². The number of fused-ring (bicyclic) bond motifs is 6. The SMILES string of the molecule is Cc1ccc2ccc3nc(-c4cccc5c4oc4nc(C(C)(C)C)ccc45)n(-c4ccc(-c5ccccc5)cc4)c3c2n1. The number of benzene rings is 4. The Morgan fingerprint density at radius 3 is 2.21 bits per heavy atom. The van der Waals surface area contributed by atoms with E-state index in [0.717, 1.165) is 72.3 Å². The van der Waals surface area contributed by atoms with Crippen LogP contribution in [0.2, 0.25) is 0 Å². The summed E-state index contributed by atoms with van der Waals surface area (Å²) in [6, 6.07) is 38.0. The number of para-hydroxylation sites is 1. The van der Waals surface area contributed by atoms with Crippen LogP contribution >= 0.6 is 0 Å². The maximum atomic E-state index is 6.56. The van der Waals surface area contributed by atoms with E-state index in [-0.39, 0.29) is 5.41 Å². The van der Waals surface area contributed by atoms with Crippen LogP contribution in [0.4, 0.5) is 0 Å². The van der Waals surface area contributed by atoms with E-state index in [0.29, 0.717) is 5.71 Å². The molecule has 4 heterocycles. The molecule has 0 aliphatic heterocycles. The molecule has 8 rings (SSSR count). The van der Waals surface area contributed by atoms with Gasteiger partial charge in [0.2, 0.25) is 5.71 Å². The standard InChI is InChI=1S/C38H30N4O/c1-23-13-14-26-17-21-31-34(33(26)39-23)42(27-18-15-25(16-19-27)24-9-6-5-7-10-24)36(40-31)30-12-8-11-28-29-20-22-32(38(2,3)4)41-37(29)43-35(28)30/h5-22H,1-4H3. The molecule has 43 heavy (non-hydrogen) atoms. The van der Waals surface area contributed by atoms with Gasteiger partial charge >= 0.3 is 0 Å². The van der Waals surface area contributed by atoms with Crippen LogP contribution < -0.4 is 0 Å². The molecule has 0 radical (unpaired) electrons. The van der Waals surface area contributed by atoms with Gasteiger partial charge in [-0.2, -0.15) is 0 Å². The van der Waals surface area contributed by atoms with Gasteiger partial charge in [0.25, 0.3) is 0 Å². The zero-order chi connectivity index (χ0) is 29.3. The lowest BCUT2D eigenvalue weighted by molar-refractivity contribution is 0.562. The third kappa shape index (κ3) is 4.11. The van der Waals surface area contributed by atoms with Crippen LogP contribution in [0.5, 0.6) is 0 Å². The fraction of sp³-hybridized carbons (Fsp3) is 0.132. The Balaban J connectivity index is 1.42. The summed E-state index contributed by atoms with van der Waals surface area (Å²) in [6.45, 7) is 8.53. The molecule has 0 bridgehead atoms. The van der Waals surface area contributed by atoms with E-state index in [1.54, 1.807) is 0 Å². The highest BCUT2D eigenvalue weighted by atomic mass is 16.3. The number of rotatable bonds is 3. The lowest BCUT2D eigenvalue weighted by atomic mass is 9.91. The first-order chi connectivity index (χ1) is 20.8. The topological polar surface area (TPSA) is 56.7 Å². The quantitative estimate of drug-likeness (QED) is 0.217. The number of pyridine rings is 2. The monoisotopic (exact) mass is 558 g/mol. The molecule has 0 N–H and O–H groups in total. The van der Waals surface area contributed by atoms with Gasteiger partial charge in [-0.1, -0.05) is 87.5 Å². The second-order valence-corrected chi connectivity index (χ2v) is 12.2. The molecule has 5 heteroatoms. The summed E-state index contributed by atoms with van der Waals surface area (Å²) < 4.78 is 8.80. The Bertz CT molecular complexity index is 2320. The lowest BCUT2D eigenvalue weighted by Gasteiger charge is -2.16. The minimum absolute atomic E-state index is 0.0813. The molecule has 0 saturated heterocycles. The van der Waals surface area contributed by atoms with Crippen LogP contribution in [0.15, 0.2) is 114 Å². The third-order valence-corrected chi connectivity index (χ3v) is 8.22. The fourth-order valence-electron chi connectivity index (χ4n) is 5.98. The molecular formula is C38H30N4O. The predicted molar refractivity (Wildman–Crippen MR) is 176 cm³/mol. The zero-order valence-corrected chi connectivity index (χ0v) is 24.6. The Morgan fingerprint density at radius 2 is 1.42 bits per heavy atom. The molecule has 4 aromatic carbocycles. The Morgan fingerprint density at radius 1 is 0.651 bits per heavy atom. The fourth-order valence-corrected chi connectivity index (χ4v) is 5.98. The average Bonchev–Trinajstić information content (AvgIpc) is 3.60. The van der Waals surface area contributed by atoms with Gasteiger partial charge in [0.15, 0.2) is 0 Å². The summed E-state index contributed by atoms with van der Waals surface area (Å²) in [7, 11) is 0. The van der Waals surface area contributed by atoms with Crippen LogP contribution in [-0.2, 0) is 5.41 Å². The van der Waals surface area contributed by atoms with E-state index in [9.17, 15) is 0 Å². The van der Waals surface area contributed by atoms with Crippen molar-refractivity contribution >= 4 is 44.0 Å². The molecule has 0 fully saturated rings. The smallest absolute Gasteiger partial charge is 0.227 e. The van der Waals surface area contributed by atoms with Crippen molar-refractivity contribution in [3.63, 3.8) is 0 Å². The predicted octanol–water partition coefficient (Wildman–Crippen LogP) is 9.81. The average molecular weight is 559 g/mol. The number of furan rings is 1. The first kappa shape index (κ1) is 25.4. The van der Waals surface area contributed by atoms with Crippen molar-refractivity contribution in [3.8, 4) is 28.2 Å². The summed E-state index contributed by atoms with van der Waals surface area (Å²) in [5.74, 6) is 0.805. The Kier molecular flexibility index (Phi) is 5.54. The minimum Gasteiger partial charge on any atom is -0.437 e. The molecule has 0 aliphatic carbocycles. The highest BCUT2D eigenvalue weighted by Gasteiger charge is 2.23. The number of aromatic nitrogens is 4. The van der Waals surface area contributed by atoms with Crippen LogP contribution in [-0.4, -0.2) is 19.5 Å². The number of imidazole rings is 1. The van der Waals surface area contributed by atoms with Gasteiger partial charge in [0.1, 0.15) is 11.4 Å². The molecule has 0 aliphatic rings. The Labute approximate surface area is 249 Å². The maximum Gasteiger partial charge on any atom is 0.227 e. The first-order valence-corrected chi connectivity index (χ1v) is 14.6. The van der Waals surface area contributed by atoms with Gasteiger partial charge in [0.05, 0.1) is 22.1 Å². The second kappa shape index (κ2) is 9.36. The zero-order valence-electron chi connectivity index (χ0n) is 24.6. The molecule has 5 nitrogen and oxygen atoms in total. The van der Waals surface area contributed by atoms with Crippen molar-refractivity contribution in [2.45, 2.75) is 33.1 Å². The highest BCUT2D eigenvalue weighted by molar-refractivity contribution is 6.10. The van der Waals surface area contributed by atoms with Gasteiger partial charge < -0.3 is 4.42 Å². The van der Waals surface area contributed by atoms with Crippen LogP contribution in [0, 0.1) is 6.92 Å². The molecular weight excluding hydrogens is 528 g/mol. The van der Waals surface area contributed by atoms with Crippen molar-refractivity contribution in [2.75, 3.05) is 0 Å². The van der Waals surface area contributed by atoms with E-state index in [4.69, 9.17) is 19.4 Å². The number of aryl methyl sites for hydroxylation is 1. The van der Waals surface area contributed by atoms with Gasteiger partial charge in [-0.3, -0.25) is 9.55 Å². The highest BCUT2D eigenvalue weighted by Crippen LogP contribution is 2.39. The number of nitrogens with zero attached hydrogens (tertiary/aromatic N) is 4. The van der Waals surface area contributed by atoms with Crippen molar-refractivity contribution < 1.29 is 4.42 Å². The molecule has 0 atom stereocenters. The van der Waals surface area contributed by atoms with Crippen molar-refractivity contribution in [3.05, 3.63) is 121 Å². The molecule has 0 spiro atoms. The number of hydrogen-bond donors (Lipinski definition) is 0. The van der Waals surface area contributed by atoms with Crippen LogP contribution in [0.1, 0.15) is 32.2 Å². The molecule has 8 aromatic rings. The largest absolute Gasteiger partial charge is 0.437 e. The van der Waals surface area contributed by atoms with E-state index in [1.807, 2.05) is 13.0 Å². The minimum atomic E-state index is -0.0813. The van der Waals surface area contributed by atoms with Crippen LogP contribution in [0.3, 0.4) is 0 Å². The molecule has 0 saturated carbocycles. The summed E-state index contributed by atoms with van der Waals surface area (Å²) in [6.07, 6.45) is 0. The first-order valence-electron chi connectivity index (χ1n) is 14.6. The molecule has 208 valence electrons. The van der Waals surface area contributed by atoms with Crippen molar-refractivity contribution in [1.82, 2.24) is 19.5 Å². The van der Waals surface area contributed by atoms with E-state index < -0.39 is 0 Å². The van der Waals surface area contributed by atoms with E-state index in [2.05, 4.69) is 128 Å². The second-order valence-electron chi connectivity index (χ2n) is 12.2. The molecule has 0 amide bonds. The third-order valence-electron chi connectivity index (χ3n) is 8.22. The van der Waals surface area contributed by atoms with Gasteiger partial charge in [-0.25, -0.2) is 9.97 Å². The molecule has 0 unspecified atom stereocenters. The maximum absolute atomic E-state index is 6.56. The van der Waals surface area contributed by atoms with Crippen molar-refractivity contribution in [1.29, 1.82) is 0 Å². The van der Waals surface area contributed by atoms with Gasteiger partial charge in [0, 0.05) is 38.6 Å². The van der Waals surface area contributed by atoms with E-state index in [1.165, 1.54) is 5.56 Å². The molecule has 4 aromatic heterocycles. The Hall–Kier alpha value is -5.29. The lowest BCUT2D eigenvalue weighted by Crippen LogP contribution is -2.12.